The van der Waals surface area contributed by atoms with Crippen LogP contribution in [0.25, 0.3) is 0 Å². The SMILES string of the molecule is CC(CNC(=O)NCC(C)(O)CC(=O)O)C1CC1. The third-order valence-electron chi connectivity index (χ3n) is 3.17. The fraction of sp³-hybridized carbons (Fsp3) is 0.833. The lowest BCUT2D eigenvalue weighted by Crippen LogP contribution is -2.46. The number of nitrogens with one attached hydrogen (secondary N) is 2. The molecule has 4 N–H and O–H groups in total. The number of hydrogen-bond acceptors (Lipinski definition) is 3. The van der Waals surface area contributed by atoms with Gasteiger partial charge >= 0.3 is 12.0 Å². The van der Waals surface area contributed by atoms with Crippen molar-refractivity contribution in [1.29, 1.82) is 0 Å². The summed E-state index contributed by atoms with van der Waals surface area (Å²) in [7, 11) is 0. The zero-order valence-corrected chi connectivity index (χ0v) is 10.9. The monoisotopic (exact) mass is 258 g/mol. The van der Waals surface area contributed by atoms with Crippen molar-refractivity contribution in [1.82, 2.24) is 10.6 Å². The van der Waals surface area contributed by atoms with Crippen LogP contribution in [0.4, 0.5) is 4.79 Å². The highest BCUT2D eigenvalue weighted by molar-refractivity contribution is 5.74. The van der Waals surface area contributed by atoms with Gasteiger partial charge in [0.2, 0.25) is 0 Å². The van der Waals surface area contributed by atoms with Gasteiger partial charge in [-0.15, -0.1) is 0 Å². The zero-order valence-electron chi connectivity index (χ0n) is 10.9. The number of carboxylic acid groups (broad SMARTS) is 1. The van der Waals surface area contributed by atoms with Gasteiger partial charge in [0.05, 0.1) is 12.0 Å². The van der Waals surface area contributed by atoms with E-state index < -0.39 is 18.0 Å². The number of carboxylic acids is 1. The Bertz CT molecular complexity index is 313. The van der Waals surface area contributed by atoms with E-state index in [-0.39, 0.29) is 12.6 Å². The molecule has 1 rings (SSSR count). The summed E-state index contributed by atoms with van der Waals surface area (Å²) in [6.45, 7) is 4.01. The lowest BCUT2D eigenvalue weighted by Gasteiger charge is -2.22. The van der Waals surface area contributed by atoms with Crippen molar-refractivity contribution in [3.63, 3.8) is 0 Å². The van der Waals surface area contributed by atoms with Crippen molar-refractivity contribution in [3.05, 3.63) is 0 Å². The van der Waals surface area contributed by atoms with Crippen LogP contribution in [-0.2, 0) is 4.79 Å². The highest BCUT2D eigenvalue weighted by Crippen LogP contribution is 2.35. The van der Waals surface area contributed by atoms with Crippen molar-refractivity contribution >= 4 is 12.0 Å². The first-order chi connectivity index (χ1) is 8.30. The quantitative estimate of drug-likeness (QED) is 0.536. The fourth-order valence-electron chi connectivity index (χ4n) is 1.81. The molecule has 0 radical (unpaired) electrons. The molecule has 0 aliphatic heterocycles. The third kappa shape index (κ3) is 5.86. The molecule has 0 aromatic carbocycles. The van der Waals surface area contributed by atoms with Crippen LogP contribution < -0.4 is 10.6 Å². The molecule has 0 bridgehead atoms. The Morgan fingerprint density at radius 2 is 2.00 bits per heavy atom. The second-order valence-electron chi connectivity index (χ2n) is 5.45. The highest BCUT2D eigenvalue weighted by Gasteiger charge is 2.28. The van der Waals surface area contributed by atoms with Gasteiger partial charge < -0.3 is 20.8 Å². The molecule has 6 heteroatoms. The van der Waals surface area contributed by atoms with E-state index in [2.05, 4.69) is 17.6 Å². The summed E-state index contributed by atoms with van der Waals surface area (Å²) < 4.78 is 0. The van der Waals surface area contributed by atoms with Gasteiger partial charge in [-0.25, -0.2) is 4.79 Å². The standard InChI is InChI=1S/C12H22N2O4/c1-8(9-3-4-9)6-13-11(17)14-7-12(2,18)5-10(15)16/h8-9,18H,3-7H2,1-2H3,(H,15,16)(H2,13,14,17). The van der Waals surface area contributed by atoms with Gasteiger partial charge in [-0.3, -0.25) is 4.79 Å². The van der Waals surface area contributed by atoms with Crippen molar-refractivity contribution < 1.29 is 19.8 Å². The second kappa shape index (κ2) is 6.04. The van der Waals surface area contributed by atoms with Crippen LogP contribution in [0.15, 0.2) is 0 Å². The maximum atomic E-state index is 11.4. The average Bonchev–Trinajstić information content (AvgIpc) is 3.05. The molecule has 0 heterocycles. The number of rotatable bonds is 7. The summed E-state index contributed by atoms with van der Waals surface area (Å²) >= 11 is 0. The first kappa shape index (κ1) is 14.8. The Balaban J connectivity index is 2.17. The molecule has 0 aromatic rings. The molecule has 2 unspecified atom stereocenters. The van der Waals surface area contributed by atoms with Crippen LogP contribution in [0.1, 0.15) is 33.1 Å². The van der Waals surface area contributed by atoms with Crippen LogP contribution in [0.2, 0.25) is 0 Å². The van der Waals surface area contributed by atoms with Gasteiger partial charge in [0.1, 0.15) is 0 Å². The molecule has 2 amide bonds. The maximum absolute atomic E-state index is 11.4. The normalized spacial score (nSPS) is 19.7. The van der Waals surface area contributed by atoms with Gasteiger partial charge in [-0.1, -0.05) is 6.92 Å². The summed E-state index contributed by atoms with van der Waals surface area (Å²) in [6.07, 6.45) is 2.07. The number of aliphatic hydroxyl groups is 1. The van der Waals surface area contributed by atoms with Crippen LogP contribution in [0.3, 0.4) is 0 Å². The molecule has 2 atom stereocenters. The number of hydrogen-bond donors (Lipinski definition) is 4. The predicted molar refractivity (Wildman–Crippen MR) is 66.2 cm³/mol. The van der Waals surface area contributed by atoms with Crippen molar-refractivity contribution in [2.75, 3.05) is 13.1 Å². The molecule has 18 heavy (non-hydrogen) atoms. The smallest absolute Gasteiger partial charge is 0.314 e. The first-order valence-corrected chi connectivity index (χ1v) is 6.26. The first-order valence-electron chi connectivity index (χ1n) is 6.26. The van der Waals surface area contributed by atoms with Crippen molar-refractivity contribution in [3.8, 4) is 0 Å². The average molecular weight is 258 g/mol. The van der Waals surface area contributed by atoms with E-state index in [0.717, 1.165) is 5.92 Å². The minimum atomic E-state index is -1.43. The lowest BCUT2D eigenvalue weighted by molar-refractivity contribution is -0.141. The molecule has 0 saturated heterocycles. The van der Waals surface area contributed by atoms with Gasteiger partial charge in [0, 0.05) is 13.1 Å². The molecule has 0 spiro atoms. The minimum Gasteiger partial charge on any atom is -0.481 e. The van der Waals surface area contributed by atoms with Crippen LogP contribution in [0, 0.1) is 11.8 Å². The Morgan fingerprint density at radius 3 is 2.50 bits per heavy atom. The number of carbonyl (C=O) groups excluding carboxylic acids is 1. The number of aliphatic carboxylic acids is 1. The highest BCUT2D eigenvalue weighted by atomic mass is 16.4. The lowest BCUT2D eigenvalue weighted by atomic mass is 10.0. The summed E-state index contributed by atoms with van der Waals surface area (Å²) in [5.74, 6) is 0.0975. The van der Waals surface area contributed by atoms with E-state index in [1.54, 1.807) is 0 Å². The molecule has 0 aromatic heterocycles. The Kier molecular flexibility index (Phi) is 4.95. The van der Waals surface area contributed by atoms with Crippen LogP contribution in [0.5, 0.6) is 0 Å². The van der Waals surface area contributed by atoms with Crippen LogP contribution >= 0.6 is 0 Å². The van der Waals surface area contributed by atoms with Gasteiger partial charge in [0.25, 0.3) is 0 Å². The maximum Gasteiger partial charge on any atom is 0.314 e. The van der Waals surface area contributed by atoms with Gasteiger partial charge in [-0.05, 0) is 31.6 Å². The zero-order chi connectivity index (χ0) is 13.8. The Hall–Kier alpha value is -1.30. The number of amides is 2. The minimum absolute atomic E-state index is 0.0804. The van der Waals surface area contributed by atoms with E-state index in [1.165, 1.54) is 19.8 Å². The number of urea groups is 1. The summed E-state index contributed by atoms with van der Waals surface area (Å²) in [5.41, 5.74) is -1.43. The Labute approximate surface area is 107 Å². The third-order valence-corrected chi connectivity index (χ3v) is 3.17. The van der Waals surface area contributed by atoms with E-state index in [1.807, 2.05) is 0 Å². The molecule has 104 valence electrons. The molecular weight excluding hydrogens is 236 g/mol. The molecular formula is C12H22N2O4. The van der Waals surface area contributed by atoms with Crippen molar-refractivity contribution in [2.24, 2.45) is 11.8 Å². The summed E-state index contributed by atoms with van der Waals surface area (Å²) in [4.78, 5) is 21.9. The van der Waals surface area contributed by atoms with Gasteiger partial charge in [0.15, 0.2) is 0 Å². The Morgan fingerprint density at radius 1 is 1.39 bits per heavy atom. The van der Waals surface area contributed by atoms with E-state index >= 15 is 0 Å². The molecule has 1 aliphatic rings. The topological polar surface area (TPSA) is 98.7 Å². The molecule has 1 aliphatic carbocycles. The largest absolute Gasteiger partial charge is 0.481 e. The molecule has 1 fully saturated rings. The van der Waals surface area contributed by atoms with Gasteiger partial charge in [-0.2, -0.15) is 0 Å². The molecule has 1 saturated carbocycles. The van der Waals surface area contributed by atoms with E-state index in [0.29, 0.717) is 12.5 Å². The van der Waals surface area contributed by atoms with Crippen LogP contribution in [-0.4, -0.2) is 40.9 Å². The van der Waals surface area contributed by atoms with E-state index in [4.69, 9.17) is 5.11 Å². The summed E-state index contributed by atoms with van der Waals surface area (Å²) in [5, 5.41) is 23.5. The summed E-state index contributed by atoms with van der Waals surface area (Å²) in [6, 6.07) is -0.367. The fourth-order valence-corrected chi connectivity index (χ4v) is 1.81. The molecule has 6 nitrogen and oxygen atoms in total. The second-order valence-corrected chi connectivity index (χ2v) is 5.45. The van der Waals surface area contributed by atoms with Crippen molar-refractivity contribution in [2.45, 2.75) is 38.7 Å². The predicted octanol–water partition coefficient (Wildman–Crippen LogP) is 0.557. The van der Waals surface area contributed by atoms with E-state index in [9.17, 15) is 14.7 Å². The number of carbonyl (C=O) groups is 2.